The molecule has 0 spiro atoms. The van der Waals surface area contributed by atoms with Gasteiger partial charge in [0, 0.05) is 5.02 Å². The number of benzene rings is 1. The molecule has 0 N–H and O–H groups in total. The standard InChI is InChI=1S/C21H27Cl3O2/c1-11(2)14-16(22)12-7-8-13-20(3,15(12)18(24)17(14)23)9-6-10-21(13,4)19(25)26-5/h11,13H,6-10H2,1-5H3. The molecule has 26 heavy (non-hydrogen) atoms. The van der Waals surface area contributed by atoms with Crippen LogP contribution in [0.2, 0.25) is 15.1 Å². The maximum Gasteiger partial charge on any atom is 0.311 e. The number of carbonyl (C=O) groups excluding carboxylic acids is 1. The molecule has 0 bridgehead atoms. The summed E-state index contributed by atoms with van der Waals surface area (Å²) < 4.78 is 5.18. The molecular weight excluding hydrogens is 391 g/mol. The van der Waals surface area contributed by atoms with Crippen LogP contribution in [0.1, 0.15) is 76.0 Å². The van der Waals surface area contributed by atoms with Gasteiger partial charge in [0.05, 0.1) is 22.6 Å². The van der Waals surface area contributed by atoms with Gasteiger partial charge in [-0.25, -0.2) is 0 Å². The van der Waals surface area contributed by atoms with E-state index < -0.39 is 5.41 Å². The number of carbonyl (C=O) groups is 1. The third-order valence-electron chi connectivity index (χ3n) is 6.87. The van der Waals surface area contributed by atoms with E-state index in [2.05, 4.69) is 20.8 Å². The first-order chi connectivity index (χ1) is 12.1. The normalized spacial score (nSPS) is 30.7. The van der Waals surface area contributed by atoms with Crippen LogP contribution in [0.4, 0.5) is 0 Å². The average Bonchev–Trinajstić information content (AvgIpc) is 2.57. The summed E-state index contributed by atoms with van der Waals surface area (Å²) in [5, 5.41) is 1.95. The molecule has 1 aromatic carbocycles. The first-order valence-corrected chi connectivity index (χ1v) is 10.5. The number of fused-ring (bicyclic) bond motifs is 3. The fourth-order valence-electron chi connectivity index (χ4n) is 5.64. The van der Waals surface area contributed by atoms with E-state index in [4.69, 9.17) is 39.5 Å². The van der Waals surface area contributed by atoms with Gasteiger partial charge in [-0.05, 0) is 66.5 Å². The van der Waals surface area contributed by atoms with Gasteiger partial charge in [-0.3, -0.25) is 4.79 Å². The smallest absolute Gasteiger partial charge is 0.311 e. The summed E-state index contributed by atoms with van der Waals surface area (Å²) in [4.78, 5) is 12.7. The molecule has 5 heteroatoms. The minimum atomic E-state index is -0.502. The zero-order valence-corrected chi connectivity index (χ0v) is 18.4. The van der Waals surface area contributed by atoms with Crippen LogP contribution in [0.15, 0.2) is 0 Å². The van der Waals surface area contributed by atoms with E-state index in [0.29, 0.717) is 10.0 Å². The van der Waals surface area contributed by atoms with Crippen LogP contribution < -0.4 is 0 Å². The van der Waals surface area contributed by atoms with Gasteiger partial charge in [0.15, 0.2) is 0 Å². The molecule has 1 fully saturated rings. The Labute approximate surface area is 171 Å². The number of methoxy groups -OCH3 is 1. The molecule has 0 saturated heterocycles. The van der Waals surface area contributed by atoms with Crippen molar-refractivity contribution in [3.8, 4) is 0 Å². The van der Waals surface area contributed by atoms with E-state index in [9.17, 15) is 4.79 Å². The average molecular weight is 418 g/mol. The van der Waals surface area contributed by atoms with Crippen LogP contribution in [0, 0.1) is 11.3 Å². The van der Waals surface area contributed by atoms with Crippen LogP contribution >= 0.6 is 34.8 Å². The van der Waals surface area contributed by atoms with Crippen molar-refractivity contribution < 1.29 is 9.53 Å². The molecule has 3 rings (SSSR count). The summed E-state index contributed by atoms with van der Waals surface area (Å²) in [7, 11) is 1.48. The van der Waals surface area contributed by atoms with Crippen molar-refractivity contribution in [2.75, 3.05) is 7.11 Å². The Bertz CT molecular complexity index is 758. The minimum Gasteiger partial charge on any atom is -0.469 e. The van der Waals surface area contributed by atoms with E-state index in [1.165, 1.54) is 7.11 Å². The van der Waals surface area contributed by atoms with Crippen molar-refractivity contribution in [3.05, 3.63) is 31.8 Å². The van der Waals surface area contributed by atoms with E-state index in [1.807, 2.05) is 6.92 Å². The predicted molar refractivity (Wildman–Crippen MR) is 109 cm³/mol. The van der Waals surface area contributed by atoms with Crippen molar-refractivity contribution in [2.24, 2.45) is 11.3 Å². The lowest BCUT2D eigenvalue weighted by atomic mass is 9.49. The molecule has 1 saturated carbocycles. The molecule has 2 aliphatic carbocycles. The van der Waals surface area contributed by atoms with Gasteiger partial charge in [-0.2, -0.15) is 0 Å². The number of ether oxygens (including phenoxy) is 1. The number of hydrogen-bond donors (Lipinski definition) is 0. The van der Waals surface area contributed by atoms with Crippen LogP contribution in [-0.2, 0) is 21.4 Å². The summed E-state index contributed by atoms with van der Waals surface area (Å²) >= 11 is 20.3. The summed E-state index contributed by atoms with van der Waals surface area (Å²) in [6, 6.07) is 0. The lowest BCUT2D eigenvalue weighted by molar-refractivity contribution is -0.161. The molecule has 0 aliphatic heterocycles. The molecule has 3 unspecified atom stereocenters. The molecular formula is C21H27Cl3O2. The van der Waals surface area contributed by atoms with Crippen LogP contribution in [0.3, 0.4) is 0 Å². The van der Waals surface area contributed by atoms with E-state index in [-0.39, 0.29) is 23.2 Å². The maximum absolute atomic E-state index is 12.7. The van der Waals surface area contributed by atoms with Crippen LogP contribution in [0.5, 0.6) is 0 Å². The Hall–Kier alpha value is -0.440. The third kappa shape index (κ3) is 2.71. The molecule has 0 aromatic heterocycles. The lowest BCUT2D eigenvalue weighted by Gasteiger charge is -2.54. The monoisotopic (exact) mass is 416 g/mol. The van der Waals surface area contributed by atoms with Crippen molar-refractivity contribution in [3.63, 3.8) is 0 Å². The lowest BCUT2D eigenvalue weighted by Crippen LogP contribution is -2.53. The summed E-state index contributed by atoms with van der Waals surface area (Å²) in [5.74, 6) is 0.247. The van der Waals surface area contributed by atoms with E-state index in [0.717, 1.165) is 53.8 Å². The number of halogens is 3. The molecule has 2 nitrogen and oxygen atoms in total. The number of hydrogen-bond acceptors (Lipinski definition) is 2. The van der Waals surface area contributed by atoms with Gasteiger partial charge in [0.25, 0.3) is 0 Å². The first kappa shape index (κ1) is 20.3. The zero-order chi connectivity index (χ0) is 19.4. The summed E-state index contributed by atoms with van der Waals surface area (Å²) in [5.41, 5.74) is 2.39. The maximum atomic E-state index is 12.7. The highest BCUT2D eigenvalue weighted by atomic mass is 35.5. The van der Waals surface area contributed by atoms with Crippen LogP contribution in [-0.4, -0.2) is 13.1 Å². The Kier molecular flexibility index (Phi) is 5.36. The highest BCUT2D eigenvalue weighted by Crippen LogP contribution is 2.61. The Morgan fingerprint density at radius 2 is 1.77 bits per heavy atom. The molecule has 0 radical (unpaired) electrons. The molecule has 0 heterocycles. The highest BCUT2D eigenvalue weighted by molar-refractivity contribution is 6.45. The second-order valence-electron chi connectivity index (χ2n) is 8.64. The fourth-order valence-corrected chi connectivity index (χ4v) is 7.03. The molecule has 1 aromatic rings. The van der Waals surface area contributed by atoms with Gasteiger partial charge in [0.2, 0.25) is 0 Å². The fraction of sp³-hybridized carbons (Fsp3) is 0.667. The van der Waals surface area contributed by atoms with Crippen molar-refractivity contribution in [1.29, 1.82) is 0 Å². The summed E-state index contributed by atoms with van der Waals surface area (Å²) in [6.07, 6.45) is 4.50. The molecule has 2 aliphatic rings. The number of esters is 1. The third-order valence-corrected chi connectivity index (χ3v) is 8.16. The van der Waals surface area contributed by atoms with Crippen molar-refractivity contribution in [2.45, 2.75) is 71.1 Å². The van der Waals surface area contributed by atoms with E-state index in [1.54, 1.807) is 0 Å². The van der Waals surface area contributed by atoms with E-state index >= 15 is 0 Å². The topological polar surface area (TPSA) is 26.3 Å². The van der Waals surface area contributed by atoms with Gasteiger partial charge >= 0.3 is 5.97 Å². The quantitative estimate of drug-likeness (QED) is 0.384. The Balaban J connectivity index is 2.24. The van der Waals surface area contributed by atoms with Gasteiger partial charge in [0.1, 0.15) is 0 Å². The molecule has 0 amide bonds. The van der Waals surface area contributed by atoms with Gasteiger partial charge in [-0.1, -0.05) is 62.0 Å². The second-order valence-corrected chi connectivity index (χ2v) is 9.77. The molecule has 144 valence electrons. The zero-order valence-electron chi connectivity index (χ0n) is 16.1. The Morgan fingerprint density at radius 1 is 1.12 bits per heavy atom. The SMILES string of the molecule is COC(=O)C1(C)CCCC2(C)c3c(Cl)c(Cl)c(C(C)C)c(Cl)c3CCC12. The highest BCUT2D eigenvalue weighted by Gasteiger charge is 2.56. The minimum absolute atomic E-state index is 0.121. The van der Waals surface area contributed by atoms with Crippen molar-refractivity contribution in [1.82, 2.24) is 0 Å². The van der Waals surface area contributed by atoms with Gasteiger partial charge < -0.3 is 4.74 Å². The predicted octanol–water partition coefficient (Wildman–Crippen LogP) is 6.95. The Morgan fingerprint density at radius 3 is 2.35 bits per heavy atom. The largest absolute Gasteiger partial charge is 0.469 e. The summed E-state index contributed by atoms with van der Waals surface area (Å²) in [6.45, 7) is 8.44. The second kappa shape index (κ2) is 6.87. The number of rotatable bonds is 2. The van der Waals surface area contributed by atoms with Crippen molar-refractivity contribution >= 4 is 40.8 Å². The molecule has 3 atom stereocenters. The van der Waals surface area contributed by atoms with Crippen LogP contribution in [0.25, 0.3) is 0 Å². The first-order valence-electron chi connectivity index (χ1n) is 9.37. The van der Waals surface area contributed by atoms with Gasteiger partial charge in [-0.15, -0.1) is 0 Å².